The van der Waals surface area contributed by atoms with E-state index in [1.165, 1.54) is 27.8 Å². The van der Waals surface area contributed by atoms with Gasteiger partial charge in [-0.15, -0.1) is 0 Å². The fourth-order valence-corrected chi connectivity index (χ4v) is 8.55. The highest BCUT2D eigenvalue weighted by Crippen LogP contribution is 2.63. The molecule has 0 saturated heterocycles. The molecule has 8 aromatic carbocycles. The quantitative estimate of drug-likeness (QED) is 0.187. The third-order valence-corrected chi connectivity index (χ3v) is 10.6. The fourth-order valence-electron chi connectivity index (χ4n) is 8.55. The maximum absolute atomic E-state index is 9.93. The van der Waals surface area contributed by atoms with Gasteiger partial charge in [-0.3, -0.25) is 0 Å². The second-order valence-electron chi connectivity index (χ2n) is 13.1. The summed E-state index contributed by atoms with van der Waals surface area (Å²) in [5, 5.41) is 0.0726. The van der Waals surface area contributed by atoms with Crippen molar-refractivity contribution in [1.29, 1.82) is 0 Å². The lowest BCUT2D eigenvalue weighted by Gasteiger charge is -2.32. The molecule has 0 amide bonds. The predicted molar refractivity (Wildman–Crippen MR) is 210 cm³/mol. The number of rotatable bonds is 4. The highest BCUT2D eigenvalue weighted by Gasteiger charge is 2.51. The van der Waals surface area contributed by atoms with E-state index in [9.17, 15) is 4.11 Å². The summed E-state index contributed by atoms with van der Waals surface area (Å²) in [6.07, 6.45) is 0. The number of hydrogen-bond donors (Lipinski definition) is 0. The standard InChI is InChI=1S/C49H31NO/c1-2-14-32(15-3-1)35-16-7-12-24-46(35)50(33-27-29-48-41(30-33)40-20-8-13-25-47(40)51-48)34-26-28-39-38-19-6-11-23-44(38)49(45(39)31-34)42-21-9-4-17-36(42)37-18-5-10-22-43(37)49/h1-31H/i8D,13D,20D,25D,27D,29D,30D. The molecule has 11 rings (SSSR count). The van der Waals surface area contributed by atoms with Gasteiger partial charge in [0.25, 0.3) is 0 Å². The summed E-state index contributed by atoms with van der Waals surface area (Å²) in [4.78, 5) is 1.87. The van der Waals surface area contributed by atoms with E-state index in [1.807, 2.05) is 65.6 Å². The first kappa shape index (κ1) is 22.2. The van der Waals surface area contributed by atoms with Gasteiger partial charge in [0.2, 0.25) is 0 Å². The van der Waals surface area contributed by atoms with Crippen molar-refractivity contribution in [3.8, 4) is 33.4 Å². The molecule has 2 nitrogen and oxygen atoms in total. The van der Waals surface area contributed by atoms with E-state index in [1.54, 1.807) is 0 Å². The Hall–Kier alpha value is -6.64. The van der Waals surface area contributed by atoms with Crippen LogP contribution in [0.4, 0.5) is 17.1 Å². The van der Waals surface area contributed by atoms with Crippen molar-refractivity contribution in [2.75, 3.05) is 4.90 Å². The van der Waals surface area contributed by atoms with E-state index in [0.717, 1.165) is 27.8 Å². The van der Waals surface area contributed by atoms with Gasteiger partial charge >= 0.3 is 0 Å². The molecule has 2 aliphatic carbocycles. The topological polar surface area (TPSA) is 16.4 Å². The zero-order valence-electron chi connectivity index (χ0n) is 34.2. The van der Waals surface area contributed by atoms with Crippen molar-refractivity contribution in [2.24, 2.45) is 0 Å². The molecule has 0 fully saturated rings. The Bertz CT molecular complexity index is 3160. The van der Waals surface area contributed by atoms with Crippen molar-refractivity contribution in [1.82, 2.24) is 0 Å². The Labute approximate surface area is 306 Å². The van der Waals surface area contributed by atoms with Gasteiger partial charge in [-0.25, -0.2) is 0 Å². The zero-order valence-corrected chi connectivity index (χ0v) is 27.2. The second kappa shape index (κ2) is 10.7. The van der Waals surface area contributed by atoms with Gasteiger partial charge in [-0.1, -0.05) is 146 Å². The molecule has 0 radical (unpaired) electrons. The summed E-state index contributed by atoms with van der Waals surface area (Å²) in [5.74, 6) is 0. The third kappa shape index (κ3) is 3.87. The number of benzene rings is 8. The molecule has 0 atom stereocenters. The van der Waals surface area contributed by atoms with Crippen LogP contribution in [0.3, 0.4) is 0 Å². The molecular weight excluding hydrogens is 619 g/mol. The van der Waals surface area contributed by atoms with Crippen LogP contribution in [0.5, 0.6) is 0 Å². The van der Waals surface area contributed by atoms with Crippen LogP contribution in [0.1, 0.15) is 31.8 Å². The Balaban J connectivity index is 1.27. The Morgan fingerprint density at radius 3 is 1.73 bits per heavy atom. The minimum absolute atomic E-state index is 0.0135. The van der Waals surface area contributed by atoms with Crippen LogP contribution in [-0.2, 0) is 5.41 Å². The summed E-state index contributed by atoms with van der Waals surface area (Å²) in [6.45, 7) is 0. The Morgan fingerprint density at radius 2 is 1.02 bits per heavy atom. The van der Waals surface area contributed by atoms with E-state index in [0.29, 0.717) is 11.4 Å². The van der Waals surface area contributed by atoms with Crippen LogP contribution in [-0.4, -0.2) is 0 Å². The molecular formula is C49H31NO. The molecule has 1 spiro atoms. The zero-order chi connectivity index (χ0) is 39.6. The molecule has 1 heterocycles. The van der Waals surface area contributed by atoms with E-state index in [-0.39, 0.29) is 51.8 Å². The average molecular weight is 657 g/mol. The van der Waals surface area contributed by atoms with Crippen LogP contribution in [0.15, 0.2) is 192 Å². The van der Waals surface area contributed by atoms with Crippen LogP contribution >= 0.6 is 0 Å². The summed E-state index contributed by atoms with van der Waals surface area (Å²) in [6, 6.07) is 47.2. The minimum Gasteiger partial charge on any atom is -0.456 e. The van der Waals surface area contributed by atoms with Crippen molar-refractivity contribution >= 4 is 39.0 Å². The maximum atomic E-state index is 9.93. The number of anilines is 3. The fraction of sp³-hybridized carbons (Fsp3) is 0.0204. The van der Waals surface area contributed by atoms with Gasteiger partial charge in [0, 0.05) is 27.7 Å². The first-order valence-electron chi connectivity index (χ1n) is 20.5. The predicted octanol–water partition coefficient (Wildman–Crippen LogP) is 13.1. The summed E-state index contributed by atoms with van der Waals surface area (Å²) >= 11 is 0. The van der Waals surface area contributed by atoms with Gasteiger partial charge in [-0.2, -0.15) is 0 Å². The number of hydrogen-bond acceptors (Lipinski definition) is 2. The SMILES string of the molecule is [2H]c1c([2H])c([2H])c2c(oc3c([2H])c([2H])c(N(c4ccc5c(c4)C4(c6ccccc6-c6ccccc64)c4ccccc4-5)c4ccccc4-c4ccccc4)c([2H])c32)c1[2H]. The maximum Gasteiger partial charge on any atom is 0.135 e. The molecule has 238 valence electrons. The molecule has 9 aromatic rings. The molecule has 2 heteroatoms. The summed E-state index contributed by atoms with van der Waals surface area (Å²) in [5.41, 5.74) is 11.3. The van der Waals surface area contributed by atoms with Crippen molar-refractivity contribution in [3.05, 3.63) is 210 Å². The molecule has 0 N–H and O–H groups in total. The van der Waals surface area contributed by atoms with Crippen molar-refractivity contribution in [3.63, 3.8) is 0 Å². The second-order valence-corrected chi connectivity index (χ2v) is 13.1. The number of furan rings is 1. The smallest absolute Gasteiger partial charge is 0.135 e. The summed E-state index contributed by atoms with van der Waals surface area (Å²) < 4.78 is 69.2. The van der Waals surface area contributed by atoms with Crippen LogP contribution in [0, 0.1) is 0 Å². The van der Waals surface area contributed by atoms with E-state index in [4.69, 9.17) is 9.90 Å². The van der Waals surface area contributed by atoms with Crippen LogP contribution in [0.25, 0.3) is 55.3 Å². The van der Waals surface area contributed by atoms with Crippen molar-refractivity contribution in [2.45, 2.75) is 5.41 Å². The lowest BCUT2D eigenvalue weighted by atomic mass is 9.70. The largest absolute Gasteiger partial charge is 0.456 e. The van der Waals surface area contributed by atoms with Crippen LogP contribution in [0.2, 0.25) is 0 Å². The van der Waals surface area contributed by atoms with E-state index in [2.05, 4.69) is 84.9 Å². The molecule has 0 saturated carbocycles. The van der Waals surface area contributed by atoms with E-state index >= 15 is 0 Å². The van der Waals surface area contributed by atoms with E-state index < -0.39 is 23.5 Å². The third-order valence-electron chi connectivity index (χ3n) is 10.6. The first-order chi connectivity index (χ1) is 28.2. The molecule has 0 aliphatic heterocycles. The number of para-hydroxylation sites is 2. The Morgan fingerprint density at radius 1 is 0.451 bits per heavy atom. The van der Waals surface area contributed by atoms with Gasteiger partial charge in [-0.05, 0) is 92.4 Å². The highest BCUT2D eigenvalue weighted by molar-refractivity contribution is 6.07. The van der Waals surface area contributed by atoms with Crippen LogP contribution < -0.4 is 4.90 Å². The highest BCUT2D eigenvalue weighted by atomic mass is 16.3. The molecule has 2 aliphatic rings. The van der Waals surface area contributed by atoms with Crippen molar-refractivity contribution < 1.29 is 14.0 Å². The van der Waals surface area contributed by atoms with Gasteiger partial charge in [0.15, 0.2) is 0 Å². The normalized spacial score (nSPS) is 15.2. The monoisotopic (exact) mass is 656 g/mol. The summed E-state index contributed by atoms with van der Waals surface area (Å²) in [7, 11) is 0. The Kier molecular flexibility index (Phi) is 4.64. The molecule has 1 aromatic heterocycles. The number of fused-ring (bicyclic) bond motifs is 13. The van der Waals surface area contributed by atoms with Gasteiger partial charge < -0.3 is 9.32 Å². The number of nitrogens with zero attached hydrogens (tertiary/aromatic N) is 1. The average Bonchev–Trinajstić information content (AvgIpc) is 3.91. The first-order valence-corrected chi connectivity index (χ1v) is 17.0. The van der Waals surface area contributed by atoms with Gasteiger partial charge in [0.05, 0.1) is 20.7 Å². The molecule has 0 unspecified atom stereocenters. The molecule has 0 bridgehead atoms. The lowest BCUT2D eigenvalue weighted by Crippen LogP contribution is -2.26. The lowest BCUT2D eigenvalue weighted by molar-refractivity contribution is 0.669. The molecule has 51 heavy (non-hydrogen) atoms. The van der Waals surface area contributed by atoms with Gasteiger partial charge in [0.1, 0.15) is 11.2 Å². The minimum atomic E-state index is -0.665.